The second kappa shape index (κ2) is 10.6. The molecular formula is C22H29FN4O2. The fraction of sp³-hybridized carbons (Fsp3) is 0.364. The van der Waals surface area contributed by atoms with Crippen LogP contribution in [0.4, 0.5) is 9.18 Å². The van der Waals surface area contributed by atoms with Gasteiger partial charge < -0.3 is 20.4 Å². The van der Waals surface area contributed by atoms with Crippen LogP contribution in [-0.4, -0.2) is 62.5 Å². The molecule has 0 saturated carbocycles. The predicted octanol–water partition coefficient (Wildman–Crippen LogP) is 2.50. The fourth-order valence-electron chi connectivity index (χ4n) is 2.98. The monoisotopic (exact) mass is 400 g/mol. The van der Waals surface area contributed by atoms with E-state index in [0.29, 0.717) is 19.5 Å². The Balaban J connectivity index is 1.95. The zero-order chi connectivity index (χ0) is 21.4. The van der Waals surface area contributed by atoms with E-state index in [1.807, 2.05) is 49.3 Å². The summed E-state index contributed by atoms with van der Waals surface area (Å²) >= 11 is 0. The molecule has 0 heterocycles. The van der Waals surface area contributed by atoms with Crippen LogP contribution in [0.5, 0.6) is 0 Å². The van der Waals surface area contributed by atoms with Crippen LogP contribution in [-0.2, 0) is 13.0 Å². The van der Waals surface area contributed by atoms with Gasteiger partial charge in [0.25, 0.3) is 5.91 Å². The van der Waals surface area contributed by atoms with Crippen molar-refractivity contribution in [3.05, 3.63) is 71.0 Å². The van der Waals surface area contributed by atoms with E-state index in [2.05, 4.69) is 10.6 Å². The van der Waals surface area contributed by atoms with Gasteiger partial charge in [-0.25, -0.2) is 9.18 Å². The van der Waals surface area contributed by atoms with Gasteiger partial charge in [-0.2, -0.15) is 0 Å². The quantitative estimate of drug-likeness (QED) is 0.716. The van der Waals surface area contributed by atoms with E-state index in [-0.39, 0.29) is 17.6 Å². The summed E-state index contributed by atoms with van der Waals surface area (Å²) in [4.78, 5) is 27.7. The van der Waals surface area contributed by atoms with Crippen LogP contribution in [0.2, 0.25) is 0 Å². The molecule has 0 fully saturated rings. The number of carbonyl (C=O) groups is 2. The lowest BCUT2D eigenvalue weighted by Crippen LogP contribution is -2.45. The van der Waals surface area contributed by atoms with Gasteiger partial charge in [-0.3, -0.25) is 4.79 Å². The highest BCUT2D eigenvalue weighted by molar-refractivity contribution is 5.94. The van der Waals surface area contributed by atoms with Gasteiger partial charge in [0, 0.05) is 33.2 Å². The first-order valence-corrected chi connectivity index (χ1v) is 9.51. The smallest absolute Gasteiger partial charge is 0.317 e. The summed E-state index contributed by atoms with van der Waals surface area (Å²) in [7, 11) is 7.05. The molecule has 0 bridgehead atoms. The highest BCUT2D eigenvalue weighted by Crippen LogP contribution is 2.13. The molecule has 0 saturated heterocycles. The molecular weight excluding hydrogens is 371 g/mol. The summed E-state index contributed by atoms with van der Waals surface area (Å²) in [5, 5.41) is 5.37. The lowest BCUT2D eigenvalue weighted by Gasteiger charge is -2.26. The van der Waals surface area contributed by atoms with Crippen LogP contribution in [0.3, 0.4) is 0 Å². The Labute approximate surface area is 171 Å². The summed E-state index contributed by atoms with van der Waals surface area (Å²) in [6, 6.07) is 14.2. The number of benzene rings is 2. The molecule has 0 spiro atoms. The molecule has 2 aromatic rings. The molecule has 29 heavy (non-hydrogen) atoms. The molecule has 0 aliphatic heterocycles. The Morgan fingerprint density at radius 3 is 2.31 bits per heavy atom. The zero-order valence-electron chi connectivity index (χ0n) is 17.4. The molecule has 7 heteroatoms. The highest BCUT2D eigenvalue weighted by atomic mass is 19.1. The van der Waals surface area contributed by atoms with E-state index >= 15 is 0 Å². The summed E-state index contributed by atoms with van der Waals surface area (Å²) in [6.45, 7) is 0.940. The number of nitrogens with one attached hydrogen (secondary N) is 2. The largest absolute Gasteiger partial charge is 0.355 e. The van der Waals surface area contributed by atoms with E-state index in [9.17, 15) is 14.0 Å². The van der Waals surface area contributed by atoms with Gasteiger partial charge in [0.15, 0.2) is 0 Å². The third kappa shape index (κ3) is 6.57. The molecule has 3 amide bonds. The molecule has 0 radical (unpaired) electrons. The minimum Gasteiger partial charge on any atom is -0.355 e. The van der Waals surface area contributed by atoms with E-state index < -0.39 is 11.7 Å². The molecule has 156 valence electrons. The molecule has 1 atom stereocenters. The summed E-state index contributed by atoms with van der Waals surface area (Å²) in [5.74, 6) is -1.00. The van der Waals surface area contributed by atoms with Crippen molar-refractivity contribution in [1.82, 2.24) is 20.4 Å². The van der Waals surface area contributed by atoms with Crippen molar-refractivity contribution in [2.24, 2.45) is 0 Å². The van der Waals surface area contributed by atoms with Gasteiger partial charge in [0.05, 0.1) is 5.56 Å². The van der Waals surface area contributed by atoms with Crippen LogP contribution in [0, 0.1) is 5.82 Å². The van der Waals surface area contributed by atoms with Gasteiger partial charge in [0.2, 0.25) is 0 Å². The Hall–Kier alpha value is -2.93. The maximum atomic E-state index is 14.2. The third-order valence-electron chi connectivity index (χ3n) is 4.80. The first kappa shape index (κ1) is 22.4. The minimum atomic E-state index is -0.550. The van der Waals surface area contributed by atoms with E-state index in [0.717, 1.165) is 11.1 Å². The number of nitrogens with zero attached hydrogens (tertiary/aromatic N) is 2. The van der Waals surface area contributed by atoms with Gasteiger partial charge >= 0.3 is 6.03 Å². The molecule has 0 aromatic heterocycles. The predicted molar refractivity (Wildman–Crippen MR) is 112 cm³/mol. The maximum Gasteiger partial charge on any atom is 0.317 e. The van der Waals surface area contributed by atoms with Gasteiger partial charge in [-0.15, -0.1) is 0 Å². The maximum absolute atomic E-state index is 14.2. The van der Waals surface area contributed by atoms with Crippen molar-refractivity contribution < 1.29 is 14.0 Å². The van der Waals surface area contributed by atoms with Crippen molar-refractivity contribution in [2.75, 3.05) is 34.7 Å². The molecule has 2 N–H and O–H groups in total. The van der Waals surface area contributed by atoms with E-state index in [4.69, 9.17) is 0 Å². The Kier molecular flexibility index (Phi) is 8.15. The van der Waals surface area contributed by atoms with Crippen LogP contribution in [0.25, 0.3) is 0 Å². The number of hydrogen-bond acceptors (Lipinski definition) is 3. The third-order valence-corrected chi connectivity index (χ3v) is 4.80. The van der Waals surface area contributed by atoms with Crippen LogP contribution >= 0.6 is 0 Å². The topological polar surface area (TPSA) is 64.7 Å². The normalized spacial score (nSPS) is 11.8. The van der Waals surface area contributed by atoms with Gasteiger partial charge in [-0.1, -0.05) is 36.4 Å². The lowest BCUT2D eigenvalue weighted by atomic mass is 10.0. The second-order valence-corrected chi connectivity index (χ2v) is 7.24. The summed E-state index contributed by atoms with van der Waals surface area (Å²) in [6.07, 6.45) is 0.542. The minimum absolute atomic E-state index is 0.0191. The molecule has 2 aromatic carbocycles. The average molecular weight is 400 g/mol. The summed E-state index contributed by atoms with van der Waals surface area (Å²) < 4.78 is 14.2. The van der Waals surface area contributed by atoms with Crippen LogP contribution in [0.1, 0.15) is 21.5 Å². The first-order valence-electron chi connectivity index (χ1n) is 9.51. The number of halogens is 1. The number of likely N-dealkylation sites (N-methyl/N-ethyl adjacent to an activating group) is 1. The van der Waals surface area contributed by atoms with Crippen molar-refractivity contribution in [3.8, 4) is 0 Å². The van der Waals surface area contributed by atoms with E-state index in [1.54, 1.807) is 18.0 Å². The zero-order valence-corrected chi connectivity index (χ0v) is 17.4. The fourth-order valence-corrected chi connectivity index (χ4v) is 2.98. The number of hydrogen-bond donors (Lipinski definition) is 2. The first-order chi connectivity index (χ1) is 13.8. The number of carbonyl (C=O) groups excluding carboxylic acids is 2. The Morgan fingerprint density at radius 1 is 1.03 bits per heavy atom. The standard InChI is InChI=1S/C22H29FN4O2/c1-24-21(28)19-11-10-17(13-20(19)23)12-18(26(2)3)14-25-22(29)27(4)15-16-8-6-5-7-9-16/h5-11,13,18H,12,14-15H2,1-4H3,(H,24,28)(H,25,29)/t18-/m0/s1. The Morgan fingerprint density at radius 2 is 1.72 bits per heavy atom. The van der Waals surface area contributed by atoms with Crippen LogP contribution in [0.15, 0.2) is 48.5 Å². The summed E-state index contributed by atoms with van der Waals surface area (Å²) in [5.41, 5.74) is 1.84. The lowest BCUT2D eigenvalue weighted by molar-refractivity contribution is 0.0959. The number of urea groups is 1. The SMILES string of the molecule is CNC(=O)c1ccc(C[C@@H](CNC(=O)N(C)Cc2ccccc2)N(C)C)cc1F. The molecule has 6 nitrogen and oxygen atoms in total. The van der Waals surface area contributed by atoms with Crippen molar-refractivity contribution >= 4 is 11.9 Å². The second-order valence-electron chi connectivity index (χ2n) is 7.24. The highest BCUT2D eigenvalue weighted by Gasteiger charge is 2.17. The van der Waals surface area contributed by atoms with Gasteiger partial charge in [-0.05, 0) is 43.8 Å². The van der Waals surface area contributed by atoms with Crippen LogP contribution < -0.4 is 10.6 Å². The number of amides is 3. The number of rotatable bonds is 8. The average Bonchev–Trinajstić information content (AvgIpc) is 2.70. The Bertz CT molecular complexity index is 827. The van der Waals surface area contributed by atoms with E-state index in [1.165, 1.54) is 19.2 Å². The molecule has 0 aliphatic rings. The van der Waals surface area contributed by atoms with Gasteiger partial charge in [0.1, 0.15) is 5.82 Å². The molecule has 0 aliphatic carbocycles. The molecule has 2 rings (SSSR count). The van der Waals surface area contributed by atoms with Crippen molar-refractivity contribution in [2.45, 2.75) is 19.0 Å². The van der Waals surface area contributed by atoms with Crippen molar-refractivity contribution in [1.29, 1.82) is 0 Å². The van der Waals surface area contributed by atoms with Crippen molar-refractivity contribution in [3.63, 3.8) is 0 Å². The molecule has 0 unspecified atom stereocenters.